The first kappa shape index (κ1) is 15.2. The second-order valence-electron chi connectivity index (χ2n) is 5.26. The van der Waals surface area contributed by atoms with Gasteiger partial charge in [-0.05, 0) is 37.1 Å². The first-order valence-corrected chi connectivity index (χ1v) is 8.27. The Bertz CT molecular complexity index is 470. The van der Waals surface area contributed by atoms with E-state index in [0.29, 0.717) is 18.9 Å². The topological polar surface area (TPSA) is 72.3 Å². The number of carbonyl (C=O) groups is 1. The molecule has 1 saturated heterocycles. The smallest absolute Gasteiger partial charge is 0.217 e. The van der Waals surface area contributed by atoms with Gasteiger partial charge in [-0.15, -0.1) is 11.8 Å². The predicted molar refractivity (Wildman–Crippen MR) is 84.9 cm³/mol. The van der Waals surface area contributed by atoms with Crippen LogP contribution in [0.3, 0.4) is 0 Å². The predicted octanol–water partition coefficient (Wildman–Crippen LogP) is 1.96. The molecule has 0 aromatic heterocycles. The lowest BCUT2D eigenvalue weighted by atomic mass is 9.92. The van der Waals surface area contributed by atoms with Gasteiger partial charge in [-0.3, -0.25) is 4.79 Å². The summed E-state index contributed by atoms with van der Waals surface area (Å²) in [4.78, 5) is 14.6. The standard InChI is InChI=1S/C15H23N3OS/c1-20-14-4-2-3-13(12(14)10-16)18-7-5-11(6-8-18)9-15(17)19/h2-4,11H,5-10,16H2,1H3,(H2,17,19). The molecule has 110 valence electrons. The molecule has 0 saturated carbocycles. The highest BCUT2D eigenvalue weighted by Gasteiger charge is 2.22. The van der Waals surface area contributed by atoms with Gasteiger partial charge in [-0.1, -0.05) is 6.07 Å². The van der Waals surface area contributed by atoms with E-state index < -0.39 is 0 Å². The number of hydrogen-bond donors (Lipinski definition) is 2. The molecule has 4 nitrogen and oxygen atoms in total. The minimum atomic E-state index is -0.185. The minimum Gasteiger partial charge on any atom is -0.371 e. The number of benzene rings is 1. The summed E-state index contributed by atoms with van der Waals surface area (Å²) in [6.45, 7) is 2.51. The quantitative estimate of drug-likeness (QED) is 0.814. The largest absolute Gasteiger partial charge is 0.371 e. The fourth-order valence-electron chi connectivity index (χ4n) is 2.91. The molecule has 1 aliphatic heterocycles. The molecule has 5 heteroatoms. The highest BCUT2D eigenvalue weighted by atomic mass is 32.2. The van der Waals surface area contributed by atoms with Gasteiger partial charge >= 0.3 is 0 Å². The maximum Gasteiger partial charge on any atom is 0.217 e. The van der Waals surface area contributed by atoms with Crippen molar-refractivity contribution >= 4 is 23.4 Å². The first-order chi connectivity index (χ1) is 9.65. The van der Waals surface area contributed by atoms with E-state index in [1.807, 2.05) is 0 Å². The zero-order valence-electron chi connectivity index (χ0n) is 12.0. The molecule has 1 aromatic carbocycles. The third-order valence-electron chi connectivity index (χ3n) is 3.98. The van der Waals surface area contributed by atoms with Crippen LogP contribution >= 0.6 is 11.8 Å². The molecule has 1 heterocycles. The van der Waals surface area contributed by atoms with Crippen molar-refractivity contribution < 1.29 is 4.79 Å². The van der Waals surface area contributed by atoms with Crippen LogP contribution in [0.2, 0.25) is 0 Å². The normalized spacial score (nSPS) is 16.4. The summed E-state index contributed by atoms with van der Waals surface area (Å²) in [5.74, 6) is 0.254. The van der Waals surface area contributed by atoms with Crippen molar-refractivity contribution in [3.05, 3.63) is 23.8 Å². The van der Waals surface area contributed by atoms with E-state index in [2.05, 4.69) is 29.4 Å². The van der Waals surface area contributed by atoms with Gasteiger partial charge in [0.1, 0.15) is 0 Å². The van der Waals surface area contributed by atoms with Crippen LogP contribution in [-0.4, -0.2) is 25.3 Å². The highest BCUT2D eigenvalue weighted by Crippen LogP contribution is 2.32. The van der Waals surface area contributed by atoms with Crippen molar-refractivity contribution in [3.8, 4) is 0 Å². The number of carbonyl (C=O) groups excluding carboxylic acids is 1. The Morgan fingerprint density at radius 3 is 2.65 bits per heavy atom. The maximum absolute atomic E-state index is 11.0. The van der Waals surface area contributed by atoms with E-state index in [1.54, 1.807) is 11.8 Å². The molecule has 0 atom stereocenters. The van der Waals surface area contributed by atoms with Crippen molar-refractivity contribution in [3.63, 3.8) is 0 Å². The molecule has 0 bridgehead atoms. The SMILES string of the molecule is CSc1cccc(N2CCC(CC(N)=O)CC2)c1CN. The monoisotopic (exact) mass is 293 g/mol. The average Bonchev–Trinajstić information content (AvgIpc) is 2.46. The number of nitrogens with two attached hydrogens (primary N) is 2. The van der Waals surface area contributed by atoms with E-state index >= 15 is 0 Å². The Hall–Kier alpha value is -1.20. The minimum absolute atomic E-state index is 0.185. The summed E-state index contributed by atoms with van der Waals surface area (Å²) in [7, 11) is 0. The molecule has 0 aliphatic carbocycles. The average molecular weight is 293 g/mol. The molecule has 1 fully saturated rings. The summed E-state index contributed by atoms with van der Waals surface area (Å²) in [6.07, 6.45) is 4.65. The molecule has 0 spiro atoms. The molecule has 4 N–H and O–H groups in total. The summed E-state index contributed by atoms with van der Waals surface area (Å²) in [5, 5.41) is 0. The lowest BCUT2D eigenvalue weighted by molar-refractivity contribution is -0.119. The molecular weight excluding hydrogens is 270 g/mol. The molecular formula is C15H23N3OS. The molecule has 0 unspecified atom stereocenters. The maximum atomic E-state index is 11.0. The fraction of sp³-hybridized carbons (Fsp3) is 0.533. The number of rotatable bonds is 5. The zero-order valence-corrected chi connectivity index (χ0v) is 12.8. The number of piperidine rings is 1. The van der Waals surface area contributed by atoms with E-state index in [1.165, 1.54) is 16.1 Å². The van der Waals surface area contributed by atoms with Gasteiger partial charge in [0.25, 0.3) is 0 Å². The van der Waals surface area contributed by atoms with Crippen molar-refractivity contribution in [1.29, 1.82) is 0 Å². The van der Waals surface area contributed by atoms with Crippen LogP contribution in [0.4, 0.5) is 5.69 Å². The van der Waals surface area contributed by atoms with Gasteiger partial charge in [-0.25, -0.2) is 0 Å². The molecule has 2 rings (SSSR count). The van der Waals surface area contributed by atoms with Crippen molar-refractivity contribution in [1.82, 2.24) is 0 Å². The van der Waals surface area contributed by atoms with Crippen LogP contribution in [0.1, 0.15) is 24.8 Å². The van der Waals surface area contributed by atoms with Gasteiger partial charge < -0.3 is 16.4 Å². The lowest BCUT2D eigenvalue weighted by Crippen LogP contribution is -2.35. The number of thioether (sulfide) groups is 1. The van der Waals surface area contributed by atoms with Crippen molar-refractivity contribution in [2.75, 3.05) is 24.2 Å². The van der Waals surface area contributed by atoms with Crippen LogP contribution < -0.4 is 16.4 Å². The lowest BCUT2D eigenvalue weighted by Gasteiger charge is -2.34. The number of nitrogens with zero attached hydrogens (tertiary/aromatic N) is 1. The van der Waals surface area contributed by atoms with E-state index in [4.69, 9.17) is 11.5 Å². The van der Waals surface area contributed by atoms with E-state index in [-0.39, 0.29) is 5.91 Å². The van der Waals surface area contributed by atoms with Crippen molar-refractivity contribution in [2.24, 2.45) is 17.4 Å². The van der Waals surface area contributed by atoms with Gasteiger partial charge in [-0.2, -0.15) is 0 Å². The molecule has 20 heavy (non-hydrogen) atoms. The number of anilines is 1. The van der Waals surface area contributed by atoms with Crippen LogP contribution in [0, 0.1) is 5.92 Å². The Kier molecular flexibility index (Phi) is 5.31. The Balaban J connectivity index is 2.09. The van der Waals surface area contributed by atoms with Gasteiger partial charge in [0, 0.05) is 42.2 Å². The summed E-state index contributed by atoms with van der Waals surface area (Å²) in [5.41, 5.74) is 13.7. The van der Waals surface area contributed by atoms with Gasteiger partial charge in [0.15, 0.2) is 0 Å². The highest BCUT2D eigenvalue weighted by molar-refractivity contribution is 7.98. The Morgan fingerprint density at radius 1 is 1.40 bits per heavy atom. The zero-order chi connectivity index (χ0) is 14.5. The fourth-order valence-corrected chi connectivity index (χ4v) is 3.56. The van der Waals surface area contributed by atoms with Crippen molar-refractivity contribution in [2.45, 2.75) is 30.7 Å². The Morgan fingerprint density at radius 2 is 2.10 bits per heavy atom. The number of amides is 1. The van der Waals surface area contributed by atoms with Crippen LogP contribution in [0.15, 0.2) is 23.1 Å². The number of primary amides is 1. The van der Waals surface area contributed by atoms with Crippen LogP contribution in [-0.2, 0) is 11.3 Å². The van der Waals surface area contributed by atoms with Gasteiger partial charge in [0.2, 0.25) is 5.91 Å². The van der Waals surface area contributed by atoms with E-state index in [0.717, 1.165) is 25.9 Å². The summed E-state index contributed by atoms with van der Waals surface area (Å²) < 4.78 is 0. The number of hydrogen-bond acceptors (Lipinski definition) is 4. The van der Waals surface area contributed by atoms with E-state index in [9.17, 15) is 4.79 Å². The summed E-state index contributed by atoms with van der Waals surface area (Å²) in [6, 6.07) is 6.36. The second-order valence-corrected chi connectivity index (χ2v) is 6.11. The summed E-state index contributed by atoms with van der Waals surface area (Å²) >= 11 is 1.74. The Labute approximate surface area is 124 Å². The van der Waals surface area contributed by atoms with Crippen LogP contribution in [0.5, 0.6) is 0 Å². The van der Waals surface area contributed by atoms with Crippen LogP contribution in [0.25, 0.3) is 0 Å². The molecule has 1 aromatic rings. The second kappa shape index (κ2) is 6.99. The molecule has 1 amide bonds. The third-order valence-corrected chi connectivity index (χ3v) is 4.80. The third kappa shape index (κ3) is 3.46. The molecule has 0 radical (unpaired) electrons. The first-order valence-electron chi connectivity index (χ1n) is 7.05. The van der Waals surface area contributed by atoms with Gasteiger partial charge in [0.05, 0.1) is 0 Å². The molecule has 1 aliphatic rings.